The molecule has 6 nitrogen and oxygen atoms in total. The van der Waals surface area contributed by atoms with E-state index in [1.54, 1.807) is 31.6 Å². The van der Waals surface area contributed by atoms with Gasteiger partial charge in [0.05, 0.1) is 11.0 Å². The Morgan fingerprint density at radius 2 is 1.95 bits per heavy atom. The van der Waals surface area contributed by atoms with Gasteiger partial charge in [0.15, 0.2) is 0 Å². The molecule has 0 fully saturated rings. The van der Waals surface area contributed by atoms with Crippen molar-refractivity contribution in [3.05, 3.63) is 58.0 Å². The Kier molecular flexibility index (Phi) is 3.70. The van der Waals surface area contributed by atoms with Crippen LogP contribution in [-0.2, 0) is 0 Å². The summed E-state index contributed by atoms with van der Waals surface area (Å²) in [5, 5.41) is 14.1. The fourth-order valence-corrected chi connectivity index (χ4v) is 1.83. The minimum Gasteiger partial charge on any atom is -0.358 e. The van der Waals surface area contributed by atoms with Crippen molar-refractivity contribution in [3.8, 4) is 0 Å². The van der Waals surface area contributed by atoms with Gasteiger partial charge in [-0.2, -0.15) is 0 Å². The molecular formula is C13H14N4O2. The quantitative estimate of drug-likeness (QED) is 0.673. The summed E-state index contributed by atoms with van der Waals surface area (Å²) < 4.78 is 0. The second-order valence-electron chi connectivity index (χ2n) is 4.23. The van der Waals surface area contributed by atoms with Gasteiger partial charge in [-0.25, -0.2) is 4.98 Å². The van der Waals surface area contributed by atoms with Gasteiger partial charge in [-0.3, -0.25) is 15.1 Å². The summed E-state index contributed by atoms with van der Waals surface area (Å²) in [5.41, 5.74) is 1.60. The molecule has 0 saturated heterocycles. The lowest BCUT2D eigenvalue weighted by Crippen LogP contribution is -2.10. The summed E-state index contributed by atoms with van der Waals surface area (Å²) in [4.78, 5) is 18.7. The Balaban J connectivity index is 2.29. The molecule has 0 aliphatic carbocycles. The van der Waals surface area contributed by atoms with Crippen LogP contribution in [-0.4, -0.2) is 14.9 Å². The number of nitrogens with one attached hydrogen (secondary N) is 1. The van der Waals surface area contributed by atoms with Crippen LogP contribution in [0.4, 0.5) is 11.5 Å². The van der Waals surface area contributed by atoms with Crippen LogP contribution in [0.3, 0.4) is 0 Å². The minimum atomic E-state index is -0.413. The summed E-state index contributed by atoms with van der Waals surface area (Å²) in [7, 11) is 0. The molecule has 2 heterocycles. The highest BCUT2D eigenvalue weighted by atomic mass is 16.6. The zero-order chi connectivity index (χ0) is 13.8. The second kappa shape index (κ2) is 5.43. The lowest BCUT2D eigenvalue weighted by Gasteiger charge is -2.15. The van der Waals surface area contributed by atoms with Crippen molar-refractivity contribution >= 4 is 11.5 Å². The van der Waals surface area contributed by atoms with Crippen molar-refractivity contribution in [1.29, 1.82) is 0 Å². The first-order valence-corrected chi connectivity index (χ1v) is 5.86. The standard InChI is InChI=1S/C13H14N4O2/c1-9-3-8-15-13(12(9)17(18)19)16-10(2)11-4-6-14-7-5-11/h3-8,10H,1-2H3,(H,15,16). The molecular weight excluding hydrogens is 244 g/mol. The number of aromatic nitrogens is 2. The number of rotatable bonds is 4. The highest BCUT2D eigenvalue weighted by Gasteiger charge is 2.20. The predicted octanol–water partition coefficient (Wildman–Crippen LogP) is 2.87. The number of nitrogens with zero attached hydrogens (tertiary/aromatic N) is 3. The molecule has 0 aliphatic heterocycles. The molecule has 98 valence electrons. The van der Waals surface area contributed by atoms with E-state index in [1.807, 2.05) is 19.1 Å². The molecule has 1 N–H and O–H groups in total. The monoisotopic (exact) mass is 258 g/mol. The average Bonchev–Trinajstić information content (AvgIpc) is 2.39. The van der Waals surface area contributed by atoms with Gasteiger partial charge in [-0.05, 0) is 37.6 Å². The zero-order valence-corrected chi connectivity index (χ0v) is 10.7. The van der Waals surface area contributed by atoms with Crippen LogP contribution in [0, 0.1) is 17.0 Å². The number of pyridine rings is 2. The van der Waals surface area contributed by atoms with Crippen LogP contribution in [0.15, 0.2) is 36.8 Å². The molecule has 6 heteroatoms. The van der Waals surface area contributed by atoms with Crippen LogP contribution in [0.1, 0.15) is 24.1 Å². The maximum Gasteiger partial charge on any atom is 0.314 e. The zero-order valence-electron chi connectivity index (χ0n) is 10.7. The summed E-state index contributed by atoms with van der Waals surface area (Å²) in [6, 6.07) is 5.26. The lowest BCUT2D eigenvalue weighted by atomic mass is 10.1. The van der Waals surface area contributed by atoms with Crippen molar-refractivity contribution in [3.63, 3.8) is 0 Å². The molecule has 0 bridgehead atoms. The maximum absolute atomic E-state index is 11.1. The lowest BCUT2D eigenvalue weighted by molar-refractivity contribution is -0.384. The first-order valence-electron chi connectivity index (χ1n) is 5.86. The third-order valence-corrected chi connectivity index (χ3v) is 2.87. The van der Waals surface area contributed by atoms with E-state index in [1.165, 1.54) is 0 Å². The molecule has 2 aromatic rings. The number of nitro groups is 1. The summed E-state index contributed by atoms with van der Waals surface area (Å²) >= 11 is 0. The van der Waals surface area contributed by atoms with Crippen LogP contribution < -0.4 is 5.32 Å². The fourth-order valence-electron chi connectivity index (χ4n) is 1.83. The Morgan fingerprint density at radius 1 is 1.26 bits per heavy atom. The molecule has 1 unspecified atom stereocenters. The Labute approximate surface area is 110 Å². The third kappa shape index (κ3) is 2.85. The van der Waals surface area contributed by atoms with E-state index in [-0.39, 0.29) is 17.5 Å². The number of hydrogen-bond acceptors (Lipinski definition) is 5. The Bertz CT molecular complexity index is 586. The molecule has 2 aromatic heterocycles. The second-order valence-corrected chi connectivity index (χ2v) is 4.23. The van der Waals surface area contributed by atoms with Gasteiger partial charge in [0.2, 0.25) is 5.82 Å². The first-order chi connectivity index (χ1) is 9.09. The number of hydrogen-bond donors (Lipinski definition) is 1. The topological polar surface area (TPSA) is 81.0 Å². The van der Waals surface area contributed by atoms with Gasteiger partial charge in [-0.1, -0.05) is 0 Å². The SMILES string of the molecule is Cc1ccnc(NC(C)c2ccncc2)c1[N+](=O)[O-]. The van der Waals surface area contributed by atoms with Crippen LogP contribution >= 0.6 is 0 Å². The molecule has 19 heavy (non-hydrogen) atoms. The van der Waals surface area contributed by atoms with Crippen LogP contribution in [0.2, 0.25) is 0 Å². The average molecular weight is 258 g/mol. The molecule has 0 amide bonds. The molecule has 0 aromatic carbocycles. The van der Waals surface area contributed by atoms with E-state index in [4.69, 9.17) is 0 Å². The van der Waals surface area contributed by atoms with E-state index in [0.717, 1.165) is 5.56 Å². The van der Waals surface area contributed by atoms with Gasteiger partial charge in [-0.15, -0.1) is 0 Å². The maximum atomic E-state index is 11.1. The number of anilines is 1. The minimum absolute atomic E-state index is 0.0170. The molecule has 2 rings (SSSR count). The van der Waals surface area contributed by atoms with E-state index in [2.05, 4.69) is 15.3 Å². The van der Waals surface area contributed by atoms with Crippen molar-refractivity contribution < 1.29 is 4.92 Å². The van der Waals surface area contributed by atoms with Gasteiger partial charge >= 0.3 is 5.69 Å². The first kappa shape index (κ1) is 12.9. The summed E-state index contributed by atoms with van der Waals surface area (Å²) in [6.45, 7) is 3.62. The van der Waals surface area contributed by atoms with Gasteiger partial charge in [0, 0.05) is 24.2 Å². The van der Waals surface area contributed by atoms with Gasteiger partial charge in [0.1, 0.15) is 0 Å². The van der Waals surface area contributed by atoms with Crippen molar-refractivity contribution in [2.75, 3.05) is 5.32 Å². The normalized spacial score (nSPS) is 11.9. The predicted molar refractivity (Wildman–Crippen MR) is 71.9 cm³/mol. The fraction of sp³-hybridized carbons (Fsp3) is 0.231. The smallest absolute Gasteiger partial charge is 0.314 e. The van der Waals surface area contributed by atoms with Crippen molar-refractivity contribution in [2.24, 2.45) is 0 Å². The van der Waals surface area contributed by atoms with Crippen LogP contribution in [0.25, 0.3) is 0 Å². The van der Waals surface area contributed by atoms with E-state index in [0.29, 0.717) is 5.56 Å². The molecule has 0 spiro atoms. The molecule has 1 atom stereocenters. The van der Waals surface area contributed by atoms with Crippen molar-refractivity contribution in [2.45, 2.75) is 19.9 Å². The molecule has 0 aliphatic rings. The molecule has 0 saturated carbocycles. The highest BCUT2D eigenvalue weighted by molar-refractivity contribution is 5.60. The largest absolute Gasteiger partial charge is 0.358 e. The van der Waals surface area contributed by atoms with Gasteiger partial charge < -0.3 is 5.32 Å². The Morgan fingerprint density at radius 3 is 2.58 bits per heavy atom. The summed E-state index contributed by atoms with van der Waals surface area (Å²) in [6.07, 6.45) is 4.93. The highest BCUT2D eigenvalue weighted by Crippen LogP contribution is 2.28. The molecule has 0 radical (unpaired) electrons. The van der Waals surface area contributed by atoms with Crippen LogP contribution in [0.5, 0.6) is 0 Å². The Hall–Kier alpha value is -2.50. The third-order valence-electron chi connectivity index (χ3n) is 2.87. The van der Waals surface area contributed by atoms with E-state index >= 15 is 0 Å². The van der Waals surface area contributed by atoms with E-state index in [9.17, 15) is 10.1 Å². The van der Waals surface area contributed by atoms with E-state index < -0.39 is 4.92 Å². The van der Waals surface area contributed by atoms with Gasteiger partial charge in [0.25, 0.3) is 0 Å². The summed E-state index contributed by atoms with van der Waals surface area (Å²) in [5.74, 6) is 0.286. The number of aryl methyl sites for hydroxylation is 1. The van der Waals surface area contributed by atoms with Crippen molar-refractivity contribution in [1.82, 2.24) is 9.97 Å².